The molecule has 0 fully saturated rings. The first kappa shape index (κ1) is 13.2. The van der Waals surface area contributed by atoms with E-state index < -0.39 is 0 Å². The number of nitrogens with zero attached hydrogens (tertiary/aromatic N) is 3. The summed E-state index contributed by atoms with van der Waals surface area (Å²) < 4.78 is 0. The Morgan fingerprint density at radius 2 is 2.12 bits per heavy atom. The van der Waals surface area contributed by atoms with Gasteiger partial charge in [-0.05, 0) is 19.1 Å². The molecule has 1 aromatic heterocycles. The number of aromatic nitrogens is 1. The van der Waals surface area contributed by atoms with Gasteiger partial charge in [0.25, 0.3) is 0 Å². The van der Waals surface area contributed by atoms with Crippen LogP contribution in [0.15, 0.2) is 23.4 Å². The van der Waals surface area contributed by atoms with Gasteiger partial charge in [0, 0.05) is 21.0 Å². The van der Waals surface area contributed by atoms with Gasteiger partial charge < -0.3 is 9.74 Å². The largest absolute Gasteiger partial charge is 0.389 e. The minimum atomic E-state index is -0.0972. The quantitative estimate of drug-likeness (QED) is 0.575. The summed E-state index contributed by atoms with van der Waals surface area (Å²) in [4.78, 5) is 22.2. The van der Waals surface area contributed by atoms with Crippen molar-refractivity contribution in [3.8, 4) is 0 Å². The van der Waals surface area contributed by atoms with Crippen LogP contribution in [0.1, 0.15) is 19.5 Å². The predicted octanol–water partition coefficient (Wildman–Crippen LogP) is 1.63. The van der Waals surface area contributed by atoms with E-state index >= 15 is 0 Å². The first-order valence-corrected chi connectivity index (χ1v) is 5.31. The summed E-state index contributed by atoms with van der Waals surface area (Å²) >= 11 is 0. The Bertz CT molecular complexity index is 428. The number of Topliss-reactive ketones (excluding diaryl/α,β-unsaturated/α-hetero) is 1. The van der Waals surface area contributed by atoms with E-state index in [0.717, 1.165) is 11.5 Å². The van der Waals surface area contributed by atoms with E-state index in [9.17, 15) is 4.79 Å². The molecule has 0 atom stereocenters. The summed E-state index contributed by atoms with van der Waals surface area (Å²) in [6.07, 6.45) is 0. The SMILES string of the molecule is CC(=O)/C(C)=N/OCc1cccc(N(C)C)n1. The number of carbonyl (C=O) groups is 1. The molecule has 1 rings (SSSR count). The Morgan fingerprint density at radius 3 is 2.71 bits per heavy atom. The second-order valence-corrected chi connectivity index (χ2v) is 3.89. The summed E-state index contributed by atoms with van der Waals surface area (Å²) in [6.45, 7) is 3.32. The van der Waals surface area contributed by atoms with Crippen LogP contribution in [0, 0.1) is 0 Å². The fourth-order valence-corrected chi connectivity index (χ4v) is 1.06. The van der Waals surface area contributed by atoms with Crippen molar-refractivity contribution in [2.24, 2.45) is 5.16 Å². The summed E-state index contributed by atoms with van der Waals surface area (Å²) in [5.74, 6) is 0.762. The third-order valence-electron chi connectivity index (χ3n) is 2.17. The number of hydrogen-bond donors (Lipinski definition) is 0. The minimum absolute atomic E-state index is 0.0972. The summed E-state index contributed by atoms with van der Waals surface area (Å²) in [5, 5.41) is 3.71. The Hall–Kier alpha value is -1.91. The van der Waals surface area contributed by atoms with Gasteiger partial charge in [0.05, 0.1) is 5.69 Å². The molecular formula is C12H17N3O2. The van der Waals surface area contributed by atoms with Crippen molar-refractivity contribution < 1.29 is 9.63 Å². The Kier molecular flexibility index (Phi) is 4.63. The van der Waals surface area contributed by atoms with Crippen molar-refractivity contribution >= 4 is 17.3 Å². The van der Waals surface area contributed by atoms with Crippen molar-refractivity contribution in [2.75, 3.05) is 19.0 Å². The second-order valence-electron chi connectivity index (χ2n) is 3.89. The van der Waals surface area contributed by atoms with Crippen LogP contribution in [0.2, 0.25) is 0 Å². The highest BCUT2D eigenvalue weighted by Crippen LogP contribution is 2.08. The fourth-order valence-electron chi connectivity index (χ4n) is 1.06. The van der Waals surface area contributed by atoms with Crippen LogP contribution in [0.3, 0.4) is 0 Å². The van der Waals surface area contributed by atoms with E-state index in [-0.39, 0.29) is 12.4 Å². The van der Waals surface area contributed by atoms with Crippen LogP contribution in [0.5, 0.6) is 0 Å². The van der Waals surface area contributed by atoms with Crippen molar-refractivity contribution in [3.05, 3.63) is 23.9 Å². The van der Waals surface area contributed by atoms with E-state index in [1.807, 2.05) is 37.2 Å². The van der Waals surface area contributed by atoms with Crippen LogP contribution in [-0.4, -0.2) is 30.6 Å². The highest BCUT2D eigenvalue weighted by molar-refractivity contribution is 6.37. The van der Waals surface area contributed by atoms with Crippen LogP contribution in [0.25, 0.3) is 0 Å². The normalized spacial score (nSPS) is 11.2. The number of ketones is 1. The number of anilines is 1. The maximum Gasteiger partial charge on any atom is 0.177 e. The molecule has 0 amide bonds. The van der Waals surface area contributed by atoms with Gasteiger partial charge in [-0.3, -0.25) is 4.79 Å². The molecule has 0 unspecified atom stereocenters. The standard InChI is InChI=1S/C12H17N3O2/c1-9(10(2)16)14-17-8-11-6-5-7-12(13-11)15(3)4/h5-7H,8H2,1-4H3/b14-9+. The number of rotatable bonds is 5. The van der Waals surface area contributed by atoms with Crippen molar-refractivity contribution in [1.82, 2.24) is 4.98 Å². The average molecular weight is 235 g/mol. The molecule has 17 heavy (non-hydrogen) atoms. The topological polar surface area (TPSA) is 54.8 Å². The second kappa shape index (κ2) is 5.98. The number of oxime groups is 1. The third kappa shape index (κ3) is 4.22. The lowest BCUT2D eigenvalue weighted by Crippen LogP contribution is -2.11. The molecule has 0 N–H and O–H groups in total. The number of carbonyl (C=O) groups excluding carboxylic acids is 1. The van der Waals surface area contributed by atoms with Crippen molar-refractivity contribution in [2.45, 2.75) is 20.5 Å². The van der Waals surface area contributed by atoms with Gasteiger partial charge in [0.2, 0.25) is 0 Å². The monoisotopic (exact) mass is 235 g/mol. The first-order valence-electron chi connectivity index (χ1n) is 5.31. The lowest BCUT2D eigenvalue weighted by Gasteiger charge is -2.11. The van der Waals surface area contributed by atoms with Crippen molar-refractivity contribution in [1.29, 1.82) is 0 Å². The summed E-state index contributed by atoms with van der Waals surface area (Å²) in [5.41, 5.74) is 1.13. The molecule has 0 radical (unpaired) electrons. The summed E-state index contributed by atoms with van der Waals surface area (Å²) in [7, 11) is 3.84. The van der Waals surface area contributed by atoms with Gasteiger partial charge in [0.1, 0.15) is 11.5 Å². The molecule has 0 aliphatic heterocycles. The molecule has 1 aromatic rings. The van der Waals surface area contributed by atoms with Gasteiger partial charge in [0.15, 0.2) is 12.4 Å². The van der Waals surface area contributed by atoms with E-state index in [4.69, 9.17) is 4.84 Å². The third-order valence-corrected chi connectivity index (χ3v) is 2.17. The molecule has 5 heteroatoms. The molecule has 92 valence electrons. The number of pyridine rings is 1. The van der Waals surface area contributed by atoms with Crippen molar-refractivity contribution in [3.63, 3.8) is 0 Å². The van der Waals surface area contributed by atoms with Crippen LogP contribution in [0.4, 0.5) is 5.82 Å². The van der Waals surface area contributed by atoms with E-state index in [1.165, 1.54) is 6.92 Å². The number of hydrogen-bond acceptors (Lipinski definition) is 5. The molecule has 0 aromatic carbocycles. The average Bonchev–Trinajstić information content (AvgIpc) is 2.29. The molecule has 5 nitrogen and oxygen atoms in total. The van der Waals surface area contributed by atoms with Gasteiger partial charge in [-0.25, -0.2) is 4.98 Å². The van der Waals surface area contributed by atoms with Gasteiger partial charge in [-0.15, -0.1) is 0 Å². The van der Waals surface area contributed by atoms with Gasteiger partial charge >= 0.3 is 0 Å². The highest BCUT2D eigenvalue weighted by Gasteiger charge is 2.01. The van der Waals surface area contributed by atoms with E-state index in [1.54, 1.807) is 6.92 Å². The zero-order valence-corrected chi connectivity index (χ0v) is 10.6. The molecule has 0 aliphatic carbocycles. The molecule has 0 saturated carbocycles. The summed E-state index contributed by atoms with van der Waals surface area (Å²) in [6, 6.07) is 5.67. The Balaban J connectivity index is 2.61. The Morgan fingerprint density at radius 1 is 1.41 bits per heavy atom. The van der Waals surface area contributed by atoms with Crippen LogP contribution < -0.4 is 4.90 Å². The predicted molar refractivity (Wildman–Crippen MR) is 67.1 cm³/mol. The molecular weight excluding hydrogens is 218 g/mol. The highest BCUT2D eigenvalue weighted by atomic mass is 16.6. The molecule has 1 heterocycles. The molecule has 0 spiro atoms. The first-order chi connectivity index (χ1) is 8.00. The Labute approximate surface area is 101 Å². The molecule has 0 saturated heterocycles. The molecule has 0 aliphatic rings. The van der Waals surface area contributed by atoms with Gasteiger partial charge in [-0.2, -0.15) is 0 Å². The maximum atomic E-state index is 10.9. The molecule has 0 bridgehead atoms. The minimum Gasteiger partial charge on any atom is -0.389 e. The van der Waals surface area contributed by atoms with E-state index in [2.05, 4.69) is 10.1 Å². The van der Waals surface area contributed by atoms with Gasteiger partial charge in [-0.1, -0.05) is 11.2 Å². The fraction of sp³-hybridized carbons (Fsp3) is 0.417. The van der Waals surface area contributed by atoms with Crippen LogP contribution >= 0.6 is 0 Å². The lowest BCUT2D eigenvalue weighted by atomic mass is 10.3. The maximum absolute atomic E-state index is 10.9. The zero-order chi connectivity index (χ0) is 12.8. The van der Waals surface area contributed by atoms with Crippen LogP contribution in [-0.2, 0) is 16.2 Å². The zero-order valence-electron chi connectivity index (χ0n) is 10.6. The van der Waals surface area contributed by atoms with E-state index in [0.29, 0.717) is 5.71 Å². The smallest absolute Gasteiger partial charge is 0.177 e. The lowest BCUT2D eigenvalue weighted by molar-refractivity contribution is -0.111.